The molecule has 72 valence electrons. The molecule has 1 atom stereocenters. The number of allylic oxidation sites excluding steroid dienone is 2. The highest BCUT2D eigenvalue weighted by Crippen LogP contribution is 2.04. The van der Waals surface area contributed by atoms with Crippen LogP contribution in [0, 0.1) is 0 Å². The van der Waals surface area contributed by atoms with Crippen LogP contribution < -0.4 is 5.32 Å². The van der Waals surface area contributed by atoms with Gasteiger partial charge >= 0.3 is 0 Å². The molecule has 1 heterocycles. The predicted molar refractivity (Wildman–Crippen MR) is 56.6 cm³/mol. The fourth-order valence-electron chi connectivity index (χ4n) is 1.09. The van der Waals surface area contributed by atoms with Crippen LogP contribution in [-0.4, -0.2) is 30.5 Å². The predicted octanol–water partition coefficient (Wildman–Crippen LogP) is 1.36. The standard InChI is InChI=1S/C10H17N3/c1-8(2)5-6-11-10-9(3)13(4)7-12-10/h5-6,9H,1,7H2,2-4H3,(H,11,12)/b6-5-. The van der Waals surface area contributed by atoms with Gasteiger partial charge < -0.3 is 5.32 Å². The van der Waals surface area contributed by atoms with Gasteiger partial charge in [-0.05, 0) is 27.0 Å². The molecule has 1 aliphatic rings. The SMILES string of the molecule is C=C(C)/C=C\NC1=NCN(C)C1C. The Morgan fingerprint density at radius 3 is 2.92 bits per heavy atom. The zero-order valence-corrected chi connectivity index (χ0v) is 8.54. The Hall–Kier alpha value is -1.09. The summed E-state index contributed by atoms with van der Waals surface area (Å²) >= 11 is 0. The lowest BCUT2D eigenvalue weighted by molar-refractivity contribution is 0.347. The van der Waals surface area contributed by atoms with Crippen LogP contribution in [0.4, 0.5) is 0 Å². The molecule has 0 bridgehead atoms. The summed E-state index contributed by atoms with van der Waals surface area (Å²) in [7, 11) is 2.06. The van der Waals surface area contributed by atoms with Crippen LogP contribution in [0.25, 0.3) is 0 Å². The van der Waals surface area contributed by atoms with E-state index >= 15 is 0 Å². The van der Waals surface area contributed by atoms with Crippen molar-refractivity contribution in [2.24, 2.45) is 4.99 Å². The molecule has 1 aliphatic heterocycles. The van der Waals surface area contributed by atoms with Crippen molar-refractivity contribution in [3.8, 4) is 0 Å². The molecule has 1 N–H and O–H groups in total. The molecule has 0 aromatic carbocycles. The van der Waals surface area contributed by atoms with Gasteiger partial charge in [0.1, 0.15) is 5.84 Å². The molecule has 0 saturated heterocycles. The van der Waals surface area contributed by atoms with Gasteiger partial charge in [0.05, 0.1) is 12.7 Å². The Labute approximate surface area is 79.8 Å². The van der Waals surface area contributed by atoms with Crippen molar-refractivity contribution < 1.29 is 0 Å². The number of rotatable bonds is 2. The summed E-state index contributed by atoms with van der Waals surface area (Å²) in [5.41, 5.74) is 1.03. The maximum Gasteiger partial charge on any atom is 0.119 e. The first-order valence-electron chi connectivity index (χ1n) is 4.44. The summed E-state index contributed by atoms with van der Waals surface area (Å²) in [5, 5.41) is 3.16. The van der Waals surface area contributed by atoms with Crippen molar-refractivity contribution in [3.63, 3.8) is 0 Å². The largest absolute Gasteiger partial charge is 0.349 e. The molecule has 0 spiro atoms. The Morgan fingerprint density at radius 2 is 2.46 bits per heavy atom. The van der Waals surface area contributed by atoms with Gasteiger partial charge in [-0.1, -0.05) is 12.2 Å². The molecule has 0 saturated carbocycles. The molecule has 0 aliphatic carbocycles. The number of nitrogens with zero attached hydrogens (tertiary/aromatic N) is 2. The van der Waals surface area contributed by atoms with Gasteiger partial charge in [0.25, 0.3) is 0 Å². The number of hydrogen-bond donors (Lipinski definition) is 1. The van der Waals surface area contributed by atoms with Gasteiger partial charge in [0.2, 0.25) is 0 Å². The Bertz CT molecular complexity index is 253. The zero-order chi connectivity index (χ0) is 9.84. The lowest BCUT2D eigenvalue weighted by Crippen LogP contribution is -2.35. The summed E-state index contributed by atoms with van der Waals surface area (Å²) < 4.78 is 0. The number of nitrogens with one attached hydrogen (secondary N) is 1. The maximum atomic E-state index is 4.35. The average Bonchev–Trinajstić information content (AvgIpc) is 2.35. The van der Waals surface area contributed by atoms with Crippen molar-refractivity contribution in [2.45, 2.75) is 19.9 Å². The summed E-state index contributed by atoms with van der Waals surface area (Å²) in [6.07, 6.45) is 3.82. The molecule has 0 fully saturated rings. The van der Waals surface area contributed by atoms with E-state index in [0.717, 1.165) is 18.1 Å². The lowest BCUT2D eigenvalue weighted by atomic mass is 10.3. The summed E-state index contributed by atoms with van der Waals surface area (Å²) in [4.78, 5) is 6.52. The van der Waals surface area contributed by atoms with Gasteiger partial charge in [0.15, 0.2) is 0 Å². The first-order chi connectivity index (χ1) is 6.11. The second-order valence-corrected chi connectivity index (χ2v) is 3.44. The molecular weight excluding hydrogens is 162 g/mol. The van der Waals surface area contributed by atoms with E-state index in [0.29, 0.717) is 6.04 Å². The minimum Gasteiger partial charge on any atom is -0.349 e. The van der Waals surface area contributed by atoms with Crippen LogP contribution >= 0.6 is 0 Å². The van der Waals surface area contributed by atoms with Gasteiger partial charge in [-0.15, -0.1) is 0 Å². The molecule has 0 amide bonds. The number of aliphatic imine (C=N–C) groups is 1. The third-order valence-electron chi connectivity index (χ3n) is 2.12. The first kappa shape index (κ1) is 9.99. The normalized spacial score (nSPS) is 23.6. The van der Waals surface area contributed by atoms with E-state index in [-0.39, 0.29) is 0 Å². The van der Waals surface area contributed by atoms with Crippen LogP contribution in [0.1, 0.15) is 13.8 Å². The van der Waals surface area contributed by atoms with Gasteiger partial charge in [-0.3, -0.25) is 9.89 Å². The minimum absolute atomic E-state index is 0.384. The van der Waals surface area contributed by atoms with Crippen molar-refractivity contribution in [3.05, 3.63) is 24.4 Å². The van der Waals surface area contributed by atoms with E-state index in [2.05, 4.69) is 35.8 Å². The highest BCUT2D eigenvalue weighted by atomic mass is 15.3. The zero-order valence-electron chi connectivity index (χ0n) is 8.54. The highest BCUT2D eigenvalue weighted by Gasteiger charge is 2.19. The van der Waals surface area contributed by atoms with Gasteiger partial charge in [-0.2, -0.15) is 0 Å². The second kappa shape index (κ2) is 4.23. The van der Waals surface area contributed by atoms with Gasteiger partial charge in [-0.25, -0.2) is 0 Å². The van der Waals surface area contributed by atoms with Gasteiger partial charge in [0, 0.05) is 6.20 Å². The molecule has 0 aromatic rings. The van der Waals surface area contributed by atoms with E-state index in [1.165, 1.54) is 0 Å². The smallest absolute Gasteiger partial charge is 0.119 e. The number of amidine groups is 1. The topological polar surface area (TPSA) is 27.6 Å². The van der Waals surface area contributed by atoms with Crippen LogP contribution in [-0.2, 0) is 0 Å². The quantitative estimate of drug-likeness (QED) is 0.648. The molecule has 1 unspecified atom stereocenters. The second-order valence-electron chi connectivity index (χ2n) is 3.44. The molecule has 1 rings (SSSR count). The monoisotopic (exact) mass is 179 g/mol. The molecule has 3 nitrogen and oxygen atoms in total. The molecule has 3 heteroatoms. The lowest BCUT2D eigenvalue weighted by Gasteiger charge is -2.14. The fourth-order valence-corrected chi connectivity index (χ4v) is 1.09. The Kier molecular flexibility index (Phi) is 3.25. The van der Waals surface area contributed by atoms with E-state index in [1.807, 2.05) is 19.2 Å². The van der Waals surface area contributed by atoms with Crippen molar-refractivity contribution in [1.29, 1.82) is 0 Å². The van der Waals surface area contributed by atoms with Crippen LogP contribution in [0.15, 0.2) is 29.4 Å². The van der Waals surface area contributed by atoms with Crippen LogP contribution in [0.2, 0.25) is 0 Å². The number of hydrogen-bond acceptors (Lipinski definition) is 3. The van der Waals surface area contributed by atoms with E-state index in [4.69, 9.17) is 0 Å². The Balaban J connectivity index is 2.43. The maximum absolute atomic E-state index is 4.35. The van der Waals surface area contributed by atoms with Crippen molar-refractivity contribution >= 4 is 5.84 Å². The fraction of sp³-hybridized carbons (Fsp3) is 0.500. The molecule has 0 radical (unpaired) electrons. The summed E-state index contributed by atoms with van der Waals surface area (Å²) in [5.74, 6) is 1.03. The molecule has 0 aromatic heterocycles. The third-order valence-corrected chi connectivity index (χ3v) is 2.12. The van der Waals surface area contributed by atoms with Crippen LogP contribution in [0.5, 0.6) is 0 Å². The summed E-state index contributed by atoms with van der Waals surface area (Å²) in [6.45, 7) is 8.65. The van der Waals surface area contributed by atoms with Crippen molar-refractivity contribution in [1.82, 2.24) is 10.2 Å². The van der Waals surface area contributed by atoms with E-state index in [9.17, 15) is 0 Å². The molecular formula is C10H17N3. The Morgan fingerprint density at radius 1 is 1.77 bits per heavy atom. The average molecular weight is 179 g/mol. The van der Waals surface area contributed by atoms with E-state index < -0.39 is 0 Å². The number of likely N-dealkylation sites (N-methyl/N-ethyl adjacent to an activating group) is 1. The summed E-state index contributed by atoms with van der Waals surface area (Å²) in [6, 6.07) is 0.384. The van der Waals surface area contributed by atoms with Crippen LogP contribution in [0.3, 0.4) is 0 Å². The van der Waals surface area contributed by atoms with Crippen molar-refractivity contribution in [2.75, 3.05) is 13.7 Å². The highest BCUT2D eigenvalue weighted by molar-refractivity contribution is 5.89. The third kappa shape index (κ3) is 2.70. The van der Waals surface area contributed by atoms with E-state index in [1.54, 1.807) is 0 Å². The molecule has 13 heavy (non-hydrogen) atoms. The minimum atomic E-state index is 0.384. The first-order valence-corrected chi connectivity index (χ1v) is 4.44.